The number of carbonyl (C=O) groups excluding carboxylic acids is 1. The van der Waals surface area contributed by atoms with Gasteiger partial charge in [-0.25, -0.2) is 0 Å². The molecule has 1 saturated heterocycles. The maximum absolute atomic E-state index is 11.5. The number of likely N-dealkylation sites (tertiary alicyclic amines) is 1. The van der Waals surface area contributed by atoms with Crippen molar-refractivity contribution in [2.45, 2.75) is 38.1 Å². The first-order chi connectivity index (χ1) is 11.3. The summed E-state index contributed by atoms with van der Waals surface area (Å²) in [5, 5.41) is 12.0. The topological polar surface area (TPSA) is 89.9 Å². The van der Waals surface area contributed by atoms with Gasteiger partial charge in [-0.05, 0) is 54.9 Å². The molecule has 2 N–H and O–H groups in total. The molecule has 2 aromatic rings. The lowest BCUT2D eigenvalue weighted by atomic mass is 10.0. The first kappa shape index (κ1) is 15.6. The van der Waals surface area contributed by atoms with Crippen LogP contribution in [0.25, 0.3) is 5.69 Å². The Labute approximate surface area is 135 Å². The van der Waals surface area contributed by atoms with Gasteiger partial charge < -0.3 is 5.73 Å². The molecule has 1 aromatic heterocycles. The lowest BCUT2D eigenvalue weighted by Gasteiger charge is -2.33. The predicted octanol–water partition coefficient (Wildman–Crippen LogP) is 0.935. The number of aryl methyl sites for hydroxylation is 1. The average molecular weight is 314 g/mol. The van der Waals surface area contributed by atoms with E-state index < -0.39 is 0 Å². The van der Waals surface area contributed by atoms with E-state index in [0.29, 0.717) is 0 Å². The summed E-state index contributed by atoms with van der Waals surface area (Å²) in [6, 6.07) is 9.74. The summed E-state index contributed by atoms with van der Waals surface area (Å²) in [6.07, 6.45) is 4.75. The molecule has 122 valence electrons. The number of primary amides is 1. The normalized spacial score (nSPS) is 18.9. The van der Waals surface area contributed by atoms with Crippen LogP contribution in [0.5, 0.6) is 0 Å². The third kappa shape index (κ3) is 3.73. The molecule has 1 fully saturated rings. The fraction of sp³-hybridized carbons (Fsp3) is 0.500. The molecule has 1 amide bonds. The van der Waals surface area contributed by atoms with Crippen LogP contribution in [-0.2, 0) is 11.2 Å². The monoisotopic (exact) mass is 314 g/mol. The maximum atomic E-state index is 11.5. The fourth-order valence-electron chi connectivity index (χ4n) is 3.15. The molecule has 0 saturated carbocycles. The smallest absolute Gasteiger partial charge is 0.234 e. The molecule has 3 rings (SSSR count). The molecule has 23 heavy (non-hydrogen) atoms. The number of carbonyl (C=O) groups is 1. The number of benzene rings is 1. The summed E-state index contributed by atoms with van der Waals surface area (Å²) in [4.78, 5) is 13.7. The molecule has 0 spiro atoms. The first-order valence-electron chi connectivity index (χ1n) is 8.12. The third-order valence-electron chi connectivity index (χ3n) is 4.32. The number of nitrogens with two attached hydrogens (primary N) is 1. The van der Waals surface area contributed by atoms with Crippen LogP contribution in [0.3, 0.4) is 0 Å². The second kappa shape index (κ2) is 7.32. The standard InChI is InChI=1S/C16H22N6O/c17-16(23)14-9-4-5-11-21(14)12-6-10-15-18-19-20-22(15)13-7-2-1-3-8-13/h1-3,7-8,14H,4-6,9-12H2,(H2,17,23)/t14-/m0/s1. The molecule has 0 unspecified atom stereocenters. The fourth-order valence-corrected chi connectivity index (χ4v) is 3.15. The van der Waals surface area contributed by atoms with Gasteiger partial charge in [0.2, 0.25) is 5.91 Å². The van der Waals surface area contributed by atoms with Crippen molar-refractivity contribution in [2.75, 3.05) is 13.1 Å². The Balaban J connectivity index is 1.59. The minimum atomic E-state index is -0.209. The molecule has 0 radical (unpaired) electrons. The van der Waals surface area contributed by atoms with Gasteiger partial charge in [0.15, 0.2) is 5.82 Å². The van der Waals surface area contributed by atoms with Gasteiger partial charge >= 0.3 is 0 Å². The lowest BCUT2D eigenvalue weighted by Crippen LogP contribution is -2.48. The van der Waals surface area contributed by atoms with E-state index in [1.54, 1.807) is 4.68 Å². The van der Waals surface area contributed by atoms with Crippen LogP contribution in [-0.4, -0.2) is 50.1 Å². The third-order valence-corrected chi connectivity index (χ3v) is 4.32. The van der Waals surface area contributed by atoms with Crippen LogP contribution in [0.2, 0.25) is 0 Å². The van der Waals surface area contributed by atoms with E-state index in [2.05, 4.69) is 20.4 Å². The van der Waals surface area contributed by atoms with Gasteiger partial charge in [0.25, 0.3) is 0 Å². The van der Waals surface area contributed by atoms with Crippen molar-refractivity contribution < 1.29 is 4.79 Å². The van der Waals surface area contributed by atoms with Crippen LogP contribution >= 0.6 is 0 Å². The lowest BCUT2D eigenvalue weighted by molar-refractivity contribution is -0.124. The average Bonchev–Trinajstić information content (AvgIpc) is 3.04. The van der Waals surface area contributed by atoms with Crippen molar-refractivity contribution in [3.63, 3.8) is 0 Å². The zero-order chi connectivity index (χ0) is 16.1. The molecule has 1 aliphatic rings. The molecule has 7 nitrogen and oxygen atoms in total. The van der Waals surface area contributed by atoms with Gasteiger partial charge in [-0.2, -0.15) is 4.68 Å². The van der Waals surface area contributed by atoms with Crippen molar-refractivity contribution >= 4 is 5.91 Å². The number of hydrogen-bond donors (Lipinski definition) is 1. The van der Waals surface area contributed by atoms with Crippen LogP contribution in [0, 0.1) is 0 Å². The van der Waals surface area contributed by atoms with E-state index >= 15 is 0 Å². The minimum Gasteiger partial charge on any atom is -0.368 e. The Bertz CT molecular complexity index is 641. The van der Waals surface area contributed by atoms with Crippen molar-refractivity contribution in [3.8, 4) is 5.69 Å². The Morgan fingerprint density at radius 2 is 2.09 bits per heavy atom. The number of hydrogen-bond acceptors (Lipinski definition) is 5. The van der Waals surface area contributed by atoms with E-state index in [-0.39, 0.29) is 11.9 Å². The van der Waals surface area contributed by atoms with Gasteiger partial charge in [0.05, 0.1) is 11.7 Å². The van der Waals surface area contributed by atoms with E-state index in [0.717, 1.165) is 56.7 Å². The highest BCUT2D eigenvalue weighted by atomic mass is 16.1. The van der Waals surface area contributed by atoms with Gasteiger partial charge in [-0.15, -0.1) is 5.10 Å². The molecular formula is C16H22N6O. The maximum Gasteiger partial charge on any atom is 0.234 e. The largest absolute Gasteiger partial charge is 0.368 e. The molecule has 1 atom stereocenters. The van der Waals surface area contributed by atoms with Gasteiger partial charge in [0.1, 0.15) is 0 Å². The minimum absolute atomic E-state index is 0.117. The van der Waals surface area contributed by atoms with Crippen molar-refractivity contribution in [1.29, 1.82) is 0 Å². The quantitative estimate of drug-likeness (QED) is 0.857. The molecular weight excluding hydrogens is 292 g/mol. The highest BCUT2D eigenvalue weighted by Gasteiger charge is 2.26. The number of rotatable bonds is 6. The Morgan fingerprint density at radius 3 is 2.87 bits per heavy atom. The van der Waals surface area contributed by atoms with Crippen LogP contribution < -0.4 is 5.73 Å². The van der Waals surface area contributed by atoms with Crippen molar-refractivity contribution in [2.24, 2.45) is 5.73 Å². The molecule has 7 heteroatoms. The van der Waals surface area contributed by atoms with E-state index in [9.17, 15) is 4.79 Å². The van der Waals surface area contributed by atoms with E-state index in [1.165, 1.54) is 0 Å². The molecule has 0 bridgehead atoms. The summed E-state index contributed by atoms with van der Waals surface area (Å²) < 4.78 is 1.77. The van der Waals surface area contributed by atoms with Crippen LogP contribution in [0.4, 0.5) is 0 Å². The van der Waals surface area contributed by atoms with Crippen LogP contribution in [0.1, 0.15) is 31.5 Å². The Hall–Kier alpha value is -2.28. The molecule has 1 aromatic carbocycles. The number of piperidine rings is 1. The highest BCUT2D eigenvalue weighted by molar-refractivity contribution is 5.79. The number of tetrazole rings is 1. The number of para-hydroxylation sites is 1. The van der Waals surface area contributed by atoms with E-state index in [4.69, 9.17) is 5.73 Å². The summed E-state index contributed by atoms with van der Waals surface area (Å²) in [6.45, 7) is 1.78. The molecule has 1 aliphatic heterocycles. The predicted molar refractivity (Wildman–Crippen MR) is 85.9 cm³/mol. The van der Waals surface area contributed by atoms with Gasteiger partial charge in [0, 0.05) is 6.42 Å². The first-order valence-corrected chi connectivity index (χ1v) is 8.12. The number of amides is 1. The summed E-state index contributed by atoms with van der Waals surface area (Å²) >= 11 is 0. The van der Waals surface area contributed by atoms with Crippen LogP contribution in [0.15, 0.2) is 30.3 Å². The SMILES string of the molecule is NC(=O)[C@@H]1CCCCN1CCCc1nnnn1-c1ccccc1. The highest BCUT2D eigenvalue weighted by Crippen LogP contribution is 2.17. The van der Waals surface area contributed by atoms with E-state index in [1.807, 2.05) is 30.3 Å². The Kier molecular flexibility index (Phi) is 4.97. The van der Waals surface area contributed by atoms with Crippen molar-refractivity contribution in [3.05, 3.63) is 36.2 Å². The summed E-state index contributed by atoms with van der Waals surface area (Å²) in [5.41, 5.74) is 6.47. The van der Waals surface area contributed by atoms with Crippen molar-refractivity contribution in [1.82, 2.24) is 25.1 Å². The summed E-state index contributed by atoms with van der Waals surface area (Å²) in [7, 11) is 0. The number of aromatic nitrogens is 4. The molecule has 2 heterocycles. The Morgan fingerprint density at radius 1 is 1.26 bits per heavy atom. The number of nitrogens with zero attached hydrogens (tertiary/aromatic N) is 5. The second-order valence-electron chi connectivity index (χ2n) is 5.90. The molecule has 0 aliphatic carbocycles. The zero-order valence-corrected chi connectivity index (χ0v) is 13.1. The second-order valence-corrected chi connectivity index (χ2v) is 5.90. The van der Waals surface area contributed by atoms with Gasteiger partial charge in [-0.3, -0.25) is 9.69 Å². The summed E-state index contributed by atoms with van der Waals surface area (Å²) in [5.74, 6) is 0.627. The zero-order valence-electron chi connectivity index (χ0n) is 13.1. The van der Waals surface area contributed by atoms with Gasteiger partial charge in [-0.1, -0.05) is 24.6 Å².